The van der Waals surface area contributed by atoms with E-state index >= 15 is 0 Å². The van der Waals surface area contributed by atoms with Gasteiger partial charge in [0, 0.05) is 95.7 Å². The molecule has 0 atom stereocenters. The Morgan fingerprint density at radius 1 is 0.618 bits per heavy atom. The lowest BCUT2D eigenvalue weighted by Gasteiger charge is -2.26. The number of hydrogen-bond acceptors (Lipinski definition) is 8. The first-order valence-electron chi connectivity index (χ1n) is 23.7. The first-order valence-corrected chi connectivity index (χ1v) is 23.7. The molecule has 1 fully saturated rings. The van der Waals surface area contributed by atoms with Crippen LogP contribution in [0.1, 0.15) is 61.3 Å². The lowest BCUT2D eigenvalue weighted by molar-refractivity contribution is 0.0699. The second kappa shape index (κ2) is 19.0. The quantitative estimate of drug-likeness (QED) is 0.0808. The lowest BCUT2D eigenvalue weighted by Crippen LogP contribution is -2.15. The number of anilines is 2. The number of fused-ring (bicyclic) bond motifs is 3. The van der Waals surface area contributed by atoms with Crippen molar-refractivity contribution in [3.05, 3.63) is 164 Å². The highest BCUT2D eigenvalue weighted by molar-refractivity contribution is 6.12. The Morgan fingerprint density at radius 3 is 1.94 bits per heavy atom. The standard InChI is InChI=1S/C56H52N10O2/c67-56(68)53-50(60-25-11-29-65-31-27-58-37-65)35-51-54(52(53)41-19-22-46-40(32-41)18-21-45(61-46)38-12-4-1-5-13-38)63-55(66(51)43-16-8-3-9-17-43)42-20-23-47-44(33-42)49(59-24-10-28-64-30-26-57-36-64)34-48(62-47)39-14-6-2-7-15-39/h1-2,4-7,12-15,18-23,26-27,30-37,43,60H,3,8-11,16-17,24-25,28-29H2,(H,59,62)(H,67,68). The van der Waals surface area contributed by atoms with Gasteiger partial charge in [0.05, 0.1) is 57.4 Å². The maximum Gasteiger partial charge on any atom is 0.338 e. The van der Waals surface area contributed by atoms with Crippen molar-refractivity contribution in [1.82, 2.24) is 38.6 Å². The number of rotatable bonds is 16. The van der Waals surface area contributed by atoms with E-state index in [1.54, 1.807) is 6.20 Å². The monoisotopic (exact) mass is 896 g/mol. The first-order chi connectivity index (χ1) is 33.5. The zero-order valence-electron chi connectivity index (χ0n) is 37.8. The summed E-state index contributed by atoms with van der Waals surface area (Å²) in [6, 6.07) is 41.5. The Balaban J connectivity index is 1.08. The molecule has 0 radical (unpaired) electrons. The van der Waals surface area contributed by atoms with Crippen LogP contribution in [0.3, 0.4) is 0 Å². The van der Waals surface area contributed by atoms with E-state index in [4.69, 9.17) is 15.0 Å². The summed E-state index contributed by atoms with van der Waals surface area (Å²) in [6.07, 6.45) is 18.3. The summed E-state index contributed by atoms with van der Waals surface area (Å²) < 4.78 is 6.55. The second-order valence-electron chi connectivity index (χ2n) is 17.7. The molecular weight excluding hydrogens is 845 g/mol. The molecule has 0 unspecified atom stereocenters. The van der Waals surface area contributed by atoms with Crippen LogP contribution in [-0.2, 0) is 13.1 Å². The number of carboxylic acids is 1. The molecule has 1 aliphatic rings. The summed E-state index contributed by atoms with van der Waals surface area (Å²) in [4.78, 5) is 38.0. The van der Waals surface area contributed by atoms with Crippen molar-refractivity contribution in [2.45, 2.75) is 64.1 Å². The van der Waals surface area contributed by atoms with Gasteiger partial charge in [0.2, 0.25) is 0 Å². The van der Waals surface area contributed by atoms with Crippen LogP contribution >= 0.6 is 0 Å². The molecule has 1 saturated carbocycles. The van der Waals surface area contributed by atoms with Gasteiger partial charge in [-0.15, -0.1) is 0 Å². The molecule has 68 heavy (non-hydrogen) atoms. The number of aryl methyl sites for hydroxylation is 2. The largest absolute Gasteiger partial charge is 0.478 e. The zero-order chi connectivity index (χ0) is 45.8. The Kier molecular flexibility index (Phi) is 11.9. The van der Waals surface area contributed by atoms with E-state index in [0.717, 1.165) is 131 Å². The Hall–Kier alpha value is -8.12. The molecule has 1 aliphatic carbocycles. The van der Waals surface area contributed by atoms with Crippen LogP contribution < -0.4 is 10.6 Å². The number of carboxylic acid groups (broad SMARTS) is 1. The first kappa shape index (κ1) is 42.5. The molecular formula is C56H52N10O2. The van der Waals surface area contributed by atoms with Gasteiger partial charge in [0.25, 0.3) is 0 Å². The molecule has 3 N–H and O–H groups in total. The van der Waals surface area contributed by atoms with Crippen LogP contribution in [0.5, 0.6) is 0 Å². The fraction of sp³-hybridized carbons (Fsp3) is 0.214. The van der Waals surface area contributed by atoms with E-state index in [9.17, 15) is 9.90 Å². The lowest BCUT2D eigenvalue weighted by atomic mass is 9.93. The highest BCUT2D eigenvalue weighted by Crippen LogP contribution is 2.44. The molecule has 11 rings (SSSR count). The molecule has 12 nitrogen and oxygen atoms in total. The van der Waals surface area contributed by atoms with Crippen LogP contribution in [0.15, 0.2) is 159 Å². The van der Waals surface area contributed by atoms with E-state index in [-0.39, 0.29) is 11.6 Å². The van der Waals surface area contributed by atoms with Gasteiger partial charge >= 0.3 is 5.97 Å². The molecule has 0 spiro atoms. The molecule has 0 amide bonds. The molecule has 12 heteroatoms. The van der Waals surface area contributed by atoms with Crippen LogP contribution in [0.2, 0.25) is 0 Å². The van der Waals surface area contributed by atoms with Crippen molar-refractivity contribution in [3.63, 3.8) is 0 Å². The summed E-state index contributed by atoms with van der Waals surface area (Å²) in [5.74, 6) is -0.197. The third-order valence-electron chi connectivity index (χ3n) is 13.3. The molecule has 0 saturated heterocycles. The number of hydrogen-bond donors (Lipinski definition) is 3. The minimum Gasteiger partial charge on any atom is -0.478 e. The van der Waals surface area contributed by atoms with Crippen molar-refractivity contribution in [3.8, 4) is 45.0 Å². The van der Waals surface area contributed by atoms with Gasteiger partial charge in [-0.1, -0.05) is 92.1 Å². The van der Waals surface area contributed by atoms with Crippen LogP contribution in [0.25, 0.3) is 77.9 Å². The normalized spacial score (nSPS) is 13.1. The van der Waals surface area contributed by atoms with Gasteiger partial charge in [-0.3, -0.25) is 0 Å². The SMILES string of the molecule is O=C(O)c1c(NCCCn2ccnc2)cc2c(nc(-c3ccc4nc(-c5ccccc5)cc(NCCCn5ccnc5)c4c3)n2C2CCCCC2)c1-c1ccc2nc(-c3ccccc3)ccc2c1. The average Bonchev–Trinajstić information content (AvgIpc) is 4.19. The number of carbonyl (C=O) groups is 1. The minimum atomic E-state index is -1.01. The van der Waals surface area contributed by atoms with E-state index in [1.807, 2.05) is 96.5 Å². The summed E-state index contributed by atoms with van der Waals surface area (Å²) >= 11 is 0. The van der Waals surface area contributed by atoms with E-state index in [2.05, 4.69) is 90.4 Å². The molecule has 5 aromatic heterocycles. The topological polar surface area (TPSA) is 141 Å². The van der Waals surface area contributed by atoms with Gasteiger partial charge in [0.15, 0.2) is 0 Å². The molecule has 10 aromatic rings. The number of benzene rings is 5. The second-order valence-corrected chi connectivity index (χ2v) is 17.7. The predicted molar refractivity (Wildman–Crippen MR) is 272 cm³/mol. The number of imidazole rings is 3. The van der Waals surface area contributed by atoms with Gasteiger partial charge < -0.3 is 29.4 Å². The smallest absolute Gasteiger partial charge is 0.338 e. The van der Waals surface area contributed by atoms with Crippen molar-refractivity contribution >= 4 is 50.2 Å². The van der Waals surface area contributed by atoms with Gasteiger partial charge in [-0.25, -0.2) is 29.7 Å². The number of nitrogens with one attached hydrogen (secondary N) is 2. The summed E-state index contributed by atoms with van der Waals surface area (Å²) in [5.41, 5.74) is 11.2. The molecule has 5 aromatic carbocycles. The van der Waals surface area contributed by atoms with Gasteiger partial charge in [-0.05, 0) is 79.8 Å². The average molecular weight is 897 g/mol. The Bertz CT molecular complexity index is 3360. The van der Waals surface area contributed by atoms with Crippen LogP contribution in [0.4, 0.5) is 11.4 Å². The fourth-order valence-electron chi connectivity index (χ4n) is 9.91. The van der Waals surface area contributed by atoms with Crippen LogP contribution in [-0.4, -0.2) is 62.8 Å². The predicted octanol–water partition coefficient (Wildman–Crippen LogP) is 12.4. The molecule has 5 heterocycles. The highest BCUT2D eigenvalue weighted by Gasteiger charge is 2.29. The summed E-state index contributed by atoms with van der Waals surface area (Å²) in [5, 5.41) is 20.6. The highest BCUT2D eigenvalue weighted by atomic mass is 16.4. The number of aromatic nitrogens is 8. The van der Waals surface area contributed by atoms with E-state index in [1.165, 1.54) is 6.42 Å². The molecule has 0 aliphatic heterocycles. The number of pyridine rings is 2. The van der Waals surface area contributed by atoms with Crippen molar-refractivity contribution < 1.29 is 9.90 Å². The number of nitrogens with zero attached hydrogens (tertiary/aromatic N) is 8. The maximum atomic E-state index is 13.8. The molecule has 338 valence electrons. The summed E-state index contributed by atoms with van der Waals surface area (Å²) in [6.45, 7) is 2.92. The summed E-state index contributed by atoms with van der Waals surface area (Å²) in [7, 11) is 0. The van der Waals surface area contributed by atoms with Crippen molar-refractivity contribution in [2.24, 2.45) is 0 Å². The number of aromatic carboxylic acids is 1. The van der Waals surface area contributed by atoms with Gasteiger partial charge in [0.1, 0.15) is 5.82 Å². The maximum absolute atomic E-state index is 13.8. The minimum absolute atomic E-state index is 0.175. The van der Waals surface area contributed by atoms with Crippen LogP contribution in [0, 0.1) is 0 Å². The molecule has 0 bridgehead atoms. The van der Waals surface area contributed by atoms with Crippen molar-refractivity contribution in [1.29, 1.82) is 0 Å². The fourth-order valence-corrected chi connectivity index (χ4v) is 9.91. The third kappa shape index (κ3) is 8.68. The third-order valence-corrected chi connectivity index (χ3v) is 13.3. The van der Waals surface area contributed by atoms with Gasteiger partial charge in [-0.2, -0.15) is 0 Å². The van der Waals surface area contributed by atoms with E-state index in [0.29, 0.717) is 23.3 Å². The zero-order valence-corrected chi connectivity index (χ0v) is 37.8. The van der Waals surface area contributed by atoms with E-state index < -0.39 is 5.97 Å². The van der Waals surface area contributed by atoms with Crippen molar-refractivity contribution in [2.75, 3.05) is 23.7 Å². The Morgan fingerprint density at radius 2 is 1.26 bits per heavy atom. The Labute approximate surface area is 394 Å².